The number of fused-ring (bicyclic) bond motifs is 1. The van der Waals surface area contributed by atoms with Crippen molar-refractivity contribution in [2.75, 3.05) is 32.7 Å². The van der Waals surface area contributed by atoms with E-state index in [1.54, 1.807) is 0 Å². The van der Waals surface area contributed by atoms with Crippen LogP contribution in [0.15, 0.2) is 34.9 Å². The van der Waals surface area contributed by atoms with E-state index in [0.29, 0.717) is 38.2 Å². The number of aromatic nitrogens is 1. The van der Waals surface area contributed by atoms with Gasteiger partial charge in [-0.2, -0.15) is 0 Å². The monoisotopic (exact) mass is 396 g/mol. The quantitative estimate of drug-likeness (QED) is 0.788. The molecule has 2 amide bonds. The van der Waals surface area contributed by atoms with Gasteiger partial charge >= 0.3 is 0 Å². The summed E-state index contributed by atoms with van der Waals surface area (Å²) in [5, 5.41) is 3.94. The average Bonchev–Trinajstić information content (AvgIpc) is 2.93. The number of hydrogen-bond acceptors (Lipinski definition) is 5. The van der Waals surface area contributed by atoms with E-state index in [4.69, 9.17) is 4.52 Å². The summed E-state index contributed by atoms with van der Waals surface area (Å²) in [6, 6.07) is 9.98. The molecule has 0 saturated carbocycles. The zero-order valence-corrected chi connectivity index (χ0v) is 17.1. The Morgan fingerprint density at radius 1 is 1.10 bits per heavy atom. The molecule has 1 aromatic heterocycles. The van der Waals surface area contributed by atoms with Crippen LogP contribution in [-0.4, -0.2) is 70.4 Å². The van der Waals surface area contributed by atoms with Crippen LogP contribution in [0.2, 0.25) is 0 Å². The Labute approximate surface area is 171 Å². The normalized spacial score (nSPS) is 20.5. The summed E-state index contributed by atoms with van der Waals surface area (Å²) in [7, 11) is 0. The summed E-state index contributed by atoms with van der Waals surface area (Å²) in [6.45, 7) is 7.94. The highest BCUT2D eigenvalue weighted by Crippen LogP contribution is 2.21. The summed E-state index contributed by atoms with van der Waals surface area (Å²) >= 11 is 0. The molecule has 0 spiro atoms. The van der Waals surface area contributed by atoms with Crippen LogP contribution >= 0.6 is 0 Å². The van der Waals surface area contributed by atoms with Crippen LogP contribution in [0.3, 0.4) is 0 Å². The number of nitrogens with zero attached hydrogens (tertiary/aromatic N) is 4. The standard InChI is InChI=1S/C22H28N4O3/c1-16-19(17(2)29-23-16)14-21(27)25-9-8-20-22(28)26(13-11-24(20)10-12-25)15-18-6-4-3-5-7-18/h3-7,20H,8-15H2,1-2H3. The average molecular weight is 396 g/mol. The van der Waals surface area contributed by atoms with Crippen molar-refractivity contribution in [1.82, 2.24) is 19.9 Å². The van der Waals surface area contributed by atoms with Crippen molar-refractivity contribution in [3.05, 3.63) is 52.9 Å². The van der Waals surface area contributed by atoms with Crippen LogP contribution in [-0.2, 0) is 22.6 Å². The Morgan fingerprint density at radius 3 is 2.59 bits per heavy atom. The van der Waals surface area contributed by atoms with Gasteiger partial charge in [0.2, 0.25) is 11.8 Å². The Bertz CT molecular complexity index is 860. The number of carbonyl (C=O) groups excluding carboxylic acids is 2. The van der Waals surface area contributed by atoms with Gasteiger partial charge < -0.3 is 14.3 Å². The van der Waals surface area contributed by atoms with Crippen LogP contribution in [0.1, 0.15) is 29.0 Å². The molecule has 2 aromatic rings. The molecule has 1 atom stereocenters. The predicted molar refractivity (Wildman–Crippen MR) is 108 cm³/mol. The lowest BCUT2D eigenvalue weighted by Gasteiger charge is -2.39. The molecule has 4 rings (SSSR count). The molecule has 1 aromatic carbocycles. The molecule has 1 unspecified atom stereocenters. The molecule has 0 radical (unpaired) electrons. The highest BCUT2D eigenvalue weighted by molar-refractivity contribution is 5.83. The first-order chi connectivity index (χ1) is 14.0. The molecule has 0 bridgehead atoms. The van der Waals surface area contributed by atoms with Gasteiger partial charge in [0.05, 0.1) is 18.2 Å². The molecule has 3 heterocycles. The zero-order chi connectivity index (χ0) is 20.4. The van der Waals surface area contributed by atoms with Crippen molar-refractivity contribution in [2.24, 2.45) is 0 Å². The number of carbonyl (C=O) groups is 2. The number of rotatable bonds is 4. The number of hydrogen-bond donors (Lipinski definition) is 0. The van der Waals surface area contributed by atoms with E-state index in [9.17, 15) is 9.59 Å². The predicted octanol–water partition coefficient (Wildman–Crippen LogP) is 1.78. The summed E-state index contributed by atoms with van der Waals surface area (Å²) in [6.07, 6.45) is 0.984. The minimum atomic E-state index is -0.135. The van der Waals surface area contributed by atoms with Gasteiger partial charge in [-0.25, -0.2) is 0 Å². The fourth-order valence-corrected chi connectivity index (χ4v) is 4.32. The second kappa shape index (κ2) is 8.37. The van der Waals surface area contributed by atoms with Gasteiger partial charge in [-0.05, 0) is 25.8 Å². The number of piperazine rings is 1. The summed E-state index contributed by atoms with van der Waals surface area (Å²) in [4.78, 5) is 32.0. The SMILES string of the molecule is Cc1noc(C)c1CC(=O)N1CCC2C(=O)N(Cc3ccccc3)CCN2CC1. The van der Waals surface area contributed by atoms with E-state index in [2.05, 4.69) is 22.2 Å². The van der Waals surface area contributed by atoms with Crippen molar-refractivity contribution in [3.63, 3.8) is 0 Å². The van der Waals surface area contributed by atoms with E-state index in [0.717, 1.165) is 36.5 Å². The first kappa shape index (κ1) is 19.6. The molecule has 2 fully saturated rings. The highest BCUT2D eigenvalue weighted by atomic mass is 16.5. The van der Waals surface area contributed by atoms with Crippen LogP contribution in [0.5, 0.6) is 0 Å². The summed E-state index contributed by atoms with van der Waals surface area (Å²) in [5.74, 6) is 0.961. The van der Waals surface area contributed by atoms with Crippen molar-refractivity contribution < 1.29 is 14.1 Å². The summed E-state index contributed by atoms with van der Waals surface area (Å²) < 4.78 is 5.18. The Hall–Kier alpha value is -2.67. The van der Waals surface area contributed by atoms with Crippen LogP contribution in [0, 0.1) is 13.8 Å². The largest absolute Gasteiger partial charge is 0.361 e. The third-order valence-electron chi connectivity index (χ3n) is 6.10. The van der Waals surface area contributed by atoms with Crippen LogP contribution in [0.25, 0.3) is 0 Å². The van der Waals surface area contributed by atoms with E-state index in [1.807, 2.05) is 41.8 Å². The molecule has 7 nitrogen and oxygen atoms in total. The van der Waals surface area contributed by atoms with Gasteiger partial charge in [-0.1, -0.05) is 35.5 Å². The highest BCUT2D eigenvalue weighted by Gasteiger charge is 2.37. The van der Waals surface area contributed by atoms with E-state index in [1.165, 1.54) is 0 Å². The van der Waals surface area contributed by atoms with Gasteiger partial charge in [-0.15, -0.1) is 0 Å². The fourth-order valence-electron chi connectivity index (χ4n) is 4.32. The van der Waals surface area contributed by atoms with E-state index >= 15 is 0 Å². The Kier molecular flexibility index (Phi) is 5.67. The molecule has 29 heavy (non-hydrogen) atoms. The lowest BCUT2D eigenvalue weighted by Crippen LogP contribution is -2.56. The topological polar surface area (TPSA) is 69.9 Å². The van der Waals surface area contributed by atoms with Crippen LogP contribution < -0.4 is 0 Å². The van der Waals surface area contributed by atoms with Crippen molar-refractivity contribution in [2.45, 2.75) is 39.3 Å². The van der Waals surface area contributed by atoms with Gasteiger partial charge in [0, 0.05) is 44.8 Å². The second-order valence-corrected chi connectivity index (χ2v) is 7.95. The lowest BCUT2D eigenvalue weighted by atomic mass is 10.1. The first-order valence-corrected chi connectivity index (χ1v) is 10.3. The van der Waals surface area contributed by atoms with Crippen molar-refractivity contribution >= 4 is 11.8 Å². The van der Waals surface area contributed by atoms with Gasteiger partial charge in [0.25, 0.3) is 0 Å². The molecular formula is C22H28N4O3. The molecule has 0 aliphatic carbocycles. The van der Waals surface area contributed by atoms with Gasteiger partial charge in [0.15, 0.2) is 0 Å². The molecule has 2 aliphatic rings. The smallest absolute Gasteiger partial charge is 0.240 e. The van der Waals surface area contributed by atoms with Gasteiger partial charge in [0.1, 0.15) is 5.76 Å². The Morgan fingerprint density at radius 2 is 1.86 bits per heavy atom. The fraction of sp³-hybridized carbons (Fsp3) is 0.500. The molecule has 2 aliphatic heterocycles. The first-order valence-electron chi connectivity index (χ1n) is 10.3. The van der Waals surface area contributed by atoms with Crippen LogP contribution in [0.4, 0.5) is 0 Å². The maximum atomic E-state index is 13.1. The molecule has 154 valence electrons. The zero-order valence-electron chi connectivity index (χ0n) is 17.1. The summed E-state index contributed by atoms with van der Waals surface area (Å²) in [5.41, 5.74) is 2.80. The third kappa shape index (κ3) is 4.19. The molecule has 2 saturated heterocycles. The van der Waals surface area contributed by atoms with E-state index < -0.39 is 0 Å². The maximum absolute atomic E-state index is 13.1. The minimum Gasteiger partial charge on any atom is -0.361 e. The van der Waals surface area contributed by atoms with E-state index in [-0.39, 0.29) is 17.9 Å². The number of aryl methyl sites for hydroxylation is 2. The van der Waals surface area contributed by atoms with Crippen molar-refractivity contribution in [1.29, 1.82) is 0 Å². The molecular weight excluding hydrogens is 368 g/mol. The number of amides is 2. The Balaban J connectivity index is 1.39. The molecule has 7 heteroatoms. The van der Waals surface area contributed by atoms with Crippen molar-refractivity contribution in [3.8, 4) is 0 Å². The third-order valence-corrected chi connectivity index (χ3v) is 6.10. The second-order valence-electron chi connectivity index (χ2n) is 7.95. The number of benzene rings is 1. The maximum Gasteiger partial charge on any atom is 0.240 e. The van der Waals surface area contributed by atoms with Gasteiger partial charge in [-0.3, -0.25) is 14.5 Å². The minimum absolute atomic E-state index is 0.0767. The lowest BCUT2D eigenvalue weighted by molar-refractivity contribution is -0.142. The molecule has 0 N–H and O–H groups in total.